The second-order valence-electron chi connectivity index (χ2n) is 8.03. The van der Waals surface area contributed by atoms with Crippen LogP contribution in [0.3, 0.4) is 0 Å². The Morgan fingerprint density at radius 1 is 0.667 bits per heavy atom. The number of rotatable bonds is 4. The molecule has 0 fully saturated rings. The van der Waals surface area contributed by atoms with Gasteiger partial charge in [0.15, 0.2) is 6.10 Å². The highest BCUT2D eigenvalue weighted by Gasteiger charge is 2.39. The van der Waals surface area contributed by atoms with Gasteiger partial charge < -0.3 is 9.47 Å². The molecule has 0 unspecified atom stereocenters. The Bertz CT molecular complexity index is 1300. The van der Waals surface area contributed by atoms with Gasteiger partial charge >= 0.3 is 11.9 Å². The number of carbonyl (C=O) groups is 2. The Balaban J connectivity index is 1.54. The highest BCUT2D eigenvalue weighted by Crippen LogP contribution is 2.46. The van der Waals surface area contributed by atoms with Crippen molar-refractivity contribution >= 4 is 38.6 Å². The van der Waals surface area contributed by atoms with E-state index in [1.165, 1.54) is 0 Å². The lowest BCUT2D eigenvalue weighted by atomic mass is 9.85. The Labute approximate surface area is 200 Å². The van der Waals surface area contributed by atoms with E-state index in [-0.39, 0.29) is 4.83 Å². The minimum atomic E-state index is -0.723. The van der Waals surface area contributed by atoms with E-state index in [1.807, 2.05) is 36.4 Å². The molecule has 4 aromatic rings. The maximum absolute atomic E-state index is 13.0. The summed E-state index contributed by atoms with van der Waals surface area (Å²) >= 11 is 3.77. The molecular formula is C28H21BrO4. The third-order valence-corrected chi connectivity index (χ3v) is 6.75. The monoisotopic (exact) mass is 500 g/mol. The van der Waals surface area contributed by atoms with Gasteiger partial charge in [-0.05, 0) is 52.7 Å². The number of carbonyl (C=O) groups excluding carboxylic acids is 2. The van der Waals surface area contributed by atoms with Gasteiger partial charge in [0.25, 0.3) is 0 Å². The van der Waals surface area contributed by atoms with Gasteiger partial charge in [-0.2, -0.15) is 0 Å². The molecule has 0 bridgehead atoms. The molecule has 0 spiro atoms. The van der Waals surface area contributed by atoms with Gasteiger partial charge in [-0.3, -0.25) is 0 Å². The number of hydrogen-bond donors (Lipinski definition) is 0. The Hall–Kier alpha value is -3.44. The van der Waals surface area contributed by atoms with E-state index in [0.29, 0.717) is 17.5 Å². The minimum Gasteiger partial charge on any atom is -0.454 e. The summed E-state index contributed by atoms with van der Waals surface area (Å²) in [6.45, 7) is 0. The summed E-state index contributed by atoms with van der Waals surface area (Å²) in [5.41, 5.74) is 2.79. The van der Waals surface area contributed by atoms with Crippen LogP contribution in [0.15, 0.2) is 97.1 Å². The third-order valence-electron chi connectivity index (χ3n) is 5.88. The molecule has 4 aromatic carbocycles. The van der Waals surface area contributed by atoms with Gasteiger partial charge in [-0.1, -0.05) is 76.6 Å². The fourth-order valence-electron chi connectivity index (χ4n) is 4.23. The SMILES string of the molecule is O=C(O[C@H]1C[C@H](Br)c2cc3ccccc3cc2[C@@H]1OC(=O)c1ccccc1)c1ccccc1. The molecule has 1 aliphatic rings. The maximum atomic E-state index is 13.0. The van der Waals surface area contributed by atoms with Crippen LogP contribution in [-0.2, 0) is 9.47 Å². The van der Waals surface area contributed by atoms with E-state index >= 15 is 0 Å². The van der Waals surface area contributed by atoms with Crippen LogP contribution in [0.4, 0.5) is 0 Å². The molecule has 33 heavy (non-hydrogen) atoms. The van der Waals surface area contributed by atoms with Gasteiger partial charge in [0, 0.05) is 16.8 Å². The molecule has 0 N–H and O–H groups in total. The van der Waals surface area contributed by atoms with Crippen LogP contribution in [0, 0.1) is 0 Å². The van der Waals surface area contributed by atoms with Crippen molar-refractivity contribution in [3.63, 3.8) is 0 Å². The molecule has 3 atom stereocenters. The molecule has 0 amide bonds. The van der Waals surface area contributed by atoms with E-state index in [9.17, 15) is 9.59 Å². The molecule has 0 aliphatic heterocycles. The summed E-state index contributed by atoms with van der Waals surface area (Å²) in [5, 5.41) is 2.14. The topological polar surface area (TPSA) is 52.6 Å². The fraction of sp³-hybridized carbons (Fsp3) is 0.143. The van der Waals surface area contributed by atoms with Gasteiger partial charge in [0.2, 0.25) is 0 Å². The molecule has 0 radical (unpaired) electrons. The van der Waals surface area contributed by atoms with E-state index in [1.54, 1.807) is 48.5 Å². The van der Waals surface area contributed by atoms with Crippen molar-refractivity contribution in [1.82, 2.24) is 0 Å². The average molecular weight is 501 g/mol. The zero-order chi connectivity index (χ0) is 22.8. The summed E-state index contributed by atoms with van der Waals surface area (Å²) in [6, 6.07) is 29.9. The second kappa shape index (κ2) is 9.20. The van der Waals surface area contributed by atoms with Crippen LogP contribution in [0.5, 0.6) is 0 Å². The van der Waals surface area contributed by atoms with E-state index in [0.717, 1.165) is 21.9 Å². The first-order valence-corrected chi connectivity index (χ1v) is 11.7. The molecule has 0 saturated heterocycles. The van der Waals surface area contributed by atoms with Gasteiger partial charge in [-0.15, -0.1) is 0 Å². The molecule has 5 rings (SSSR count). The highest BCUT2D eigenvalue weighted by molar-refractivity contribution is 9.09. The molecule has 5 heteroatoms. The van der Waals surface area contributed by atoms with Crippen LogP contribution < -0.4 is 0 Å². The number of alkyl halides is 1. The minimum absolute atomic E-state index is 0.0441. The molecule has 4 nitrogen and oxygen atoms in total. The zero-order valence-electron chi connectivity index (χ0n) is 17.7. The number of fused-ring (bicyclic) bond motifs is 2. The standard InChI is InChI=1S/C28H21BrO4/c29-24-17-25(32-27(30)18-9-3-1-4-10-18)26(33-28(31)19-11-5-2-6-12-19)23-16-21-14-8-7-13-20(21)15-22(23)24/h1-16,24-26H,17H2/t24-,25-,26-/m0/s1. The van der Waals surface area contributed by atoms with Crippen molar-refractivity contribution in [2.75, 3.05) is 0 Å². The summed E-state index contributed by atoms with van der Waals surface area (Å²) in [6.07, 6.45) is -0.876. The van der Waals surface area contributed by atoms with E-state index < -0.39 is 24.1 Å². The largest absolute Gasteiger partial charge is 0.454 e. The lowest BCUT2D eigenvalue weighted by Crippen LogP contribution is -2.34. The molecule has 0 saturated carbocycles. The van der Waals surface area contributed by atoms with Gasteiger partial charge in [0.05, 0.1) is 11.1 Å². The first kappa shape index (κ1) is 21.4. The quantitative estimate of drug-likeness (QED) is 0.228. The number of halogens is 1. The van der Waals surface area contributed by atoms with Crippen molar-refractivity contribution in [3.05, 3.63) is 119 Å². The Kier molecular flexibility index (Phi) is 5.97. The van der Waals surface area contributed by atoms with Crippen LogP contribution in [-0.4, -0.2) is 18.0 Å². The fourth-order valence-corrected chi connectivity index (χ4v) is 5.00. The van der Waals surface area contributed by atoms with Crippen LogP contribution >= 0.6 is 15.9 Å². The first-order valence-electron chi connectivity index (χ1n) is 10.8. The predicted octanol–water partition coefficient (Wildman–Crippen LogP) is 6.80. The average Bonchev–Trinajstić information content (AvgIpc) is 2.86. The lowest BCUT2D eigenvalue weighted by Gasteiger charge is -2.35. The maximum Gasteiger partial charge on any atom is 0.338 e. The number of ether oxygens (including phenoxy) is 2. The third kappa shape index (κ3) is 4.41. The van der Waals surface area contributed by atoms with Crippen molar-refractivity contribution in [3.8, 4) is 0 Å². The highest BCUT2D eigenvalue weighted by atomic mass is 79.9. The molecule has 1 aliphatic carbocycles. The normalized spacial score (nSPS) is 19.5. The summed E-state index contributed by atoms with van der Waals surface area (Å²) < 4.78 is 11.9. The summed E-state index contributed by atoms with van der Waals surface area (Å²) in [5.74, 6) is -0.890. The predicted molar refractivity (Wildman–Crippen MR) is 130 cm³/mol. The smallest absolute Gasteiger partial charge is 0.338 e. The van der Waals surface area contributed by atoms with Gasteiger partial charge in [0.1, 0.15) is 6.10 Å². The number of benzene rings is 4. The molecule has 0 heterocycles. The van der Waals surface area contributed by atoms with Crippen molar-refractivity contribution in [1.29, 1.82) is 0 Å². The number of esters is 2. The van der Waals surface area contributed by atoms with Crippen molar-refractivity contribution in [2.24, 2.45) is 0 Å². The Morgan fingerprint density at radius 3 is 1.73 bits per heavy atom. The lowest BCUT2D eigenvalue weighted by molar-refractivity contribution is -0.0438. The van der Waals surface area contributed by atoms with Crippen LogP contribution in [0.1, 0.15) is 49.2 Å². The first-order chi connectivity index (χ1) is 16.1. The van der Waals surface area contributed by atoms with Crippen LogP contribution in [0.2, 0.25) is 0 Å². The van der Waals surface area contributed by atoms with E-state index in [4.69, 9.17) is 9.47 Å². The van der Waals surface area contributed by atoms with Crippen LogP contribution in [0.25, 0.3) is 10.8 Å². The number of hydrogen-bond acceptors (Lipinski definition) is 4. The van der Waals surface area contributed by atoms with Crippen molar-refractivity contribution in [2.45, 2.75) is 23.5 Å². The van der Waals surface area contributed by atoms with Gasteiger partial charge in [-0.25, -0.2) is 9.59 Å². The Morgan fingerprint density at radius 2 is 1.15 bits per heavy atom. The zero-order valence-corrected chi connectivity index (χ0v) is 19.3. The summed E-state index contributed by atoms with van der Waals surface area (Å²) in [7, 11) is 0. The van der Waals surface area contributed by atoms with E-state index in [2.05, 4.69) is 28.1 Å². The van der Waals surface area contributed by atoms with Crippen molar-refractivity contribution < 1.29 is 19.1 Å². The molecular weight excluding hydrogens is 480 g/mol. The summed E-state index contributed by atoms with van der Waals surface area (Å²) in [4.78, 5) is 25.8. The second-order valence-corrected chi connectivity index (χ2v) is 9.14. The molecule has 164 valence electrons. The molecule has 0 aromatic heterocycles.